The van der Waals surface area contributed by atoms with Gasteiger partial charge in [-0.2, -0.15) is 0 Å². The Balaban J connectivity index is 3.92. The van der Waals surface area contributed by atoms with Gasteiger partial charge in [-0.15, -0.1) is 0 Å². The van der Waals surface area contributed by atoms with Crippen molar-refractivity contribution in [2.75, 3.05) is 66.1 Å². The van der Waals surface area contributed by atoms with Gasteiger partial charge in [-0.3, -0.25) is 4.57 Å². The molecule has 230 valence electrons. The minimum absolute atomic E-state index is 0.0107. The minimum atomic E-state index is -4.49. The molecule has 10 heteroatoms. The van der Waals surface area contributed by atoms with E-state index in [4.69, 9.17) is 13.8 Å². The van der Waals surface area contributed by atoms with Gasteiger partial charge < -0.3 is 23.2 Å². The lowest BCUT2D eigenvalue weighted by Crippen LogP contribution is -2.37. The number of hydrogen-bond donors (Lipinski definition) is 0. The van der Waals surface area contributed by atoms with E-state index in [-0.39, 0.29) is 31.3 Å². The van der Waals surface area contributed by atoms with Crippen molar-refractivity contribution in [3.05, 3.63) is 0 Å². The van der Waals surface area contributed by atoms with Gasteiger partial charge >= 0.3 is 0 Å². The predicted octanol–water partition coefficient (Wildman–Crippen LogP) is 6.13. The fourth-order valence-corrected chi connectivity index (χ4v) is 6.85. The number of ether oxygens (including phenoxy) is 1. The van der Waals surface area contributed by atoms with Crippen LogP contribution < -0.4 is 4.89 Å². The topological polar surface area (TPSA) is 102 Å². The molecule has 0 bridgehead atoms. The molecule has 0 radical (unpaired) electrons. The molecule has 38 heavy (non-hydrogen) atoms. The maximum absolute atomic E-state index is 12.6. The zero-order valence-corrected chi connectivity index (χ0v) is 27.0. The highest BCUT2D eigenvalue weighted by atomic mass is 32.2. The number of likely N-dealkylation sites (N-methyl/N-ethyl adjacent to an activating group) is 1. The first-order valence-electron chi connectivity index (χ1n) is 15.0. The highest BCUT2D eigenvalue weighted by Gasteiger charge is 2.22. The van der Waals surface area contributed by atoms with E-state index in [0.717, 1.165) is 19.3 Å². The molecule has 0 rings (SSSR count). The van der Waals surface area contributed by atoms with Crippen molar-refractivity contribution in [2.24, 2.45) is 5.92 Å². The summed E-state index contributed by atoms with van der Waals surface area (Å²) < 4.78 is 52.7. The summed E-state index contributed by atoms with van der Waals surface area (Å²) in [5, 5.41) is 0. The molecule has 0 aromatic rings. The van der Waals surface area contributed by atoms with Crippen LogP contribution in [0.5, 0.6) is 0 Å². The van der Waals surface area contributed by atoms with Crippen LogP contribution in [0, 0.1) is 5.92 Å². The molecule has 0 aliphatic carbocycles. The Morgan fingerprint density at radius 3 is 1.61 bits per heavy atom. The smallest absolute Gasteiger partial charge is 0.268 e. The predicted molar refractivity (Wildman–Crippen MR) is 156 cm³/mol. The monoisotopic (exact) mass is 585 g/mol. The van der Waals surface area contributed by atoms with Crippen LogP contribution in [0.25, 0.3) is 0 Å². The molecular formula is C28H60NO7PS. The van der Waals surface area contributed by atoms with Crippen LogP contribution in [0.3, 0.4) is 0 Å². The number of phosphoric acid groups is 1. The maximum atomic E-state index is 12.6. The van der Waals surface area contributed by atoms with E-state index in [1.807, 2.05) is 21.1 Å². The van der Waals surface area contributed by atoms with Crippen LogP contribution in [0.2, 0.25) is 0 Å². The van der Waals surface area contributed by atoms with E-state index >= 15 is 0 Å². The van der Waals surface area contributed by atoms with Crippen molar-refractivity contribution in [3.8, 4) is 0 Å². The molecule has 2 atom stereocenters. The van der Waals surface area contributed by atoms with Gasteiger partial charge in [0.1, 0.15) is 13.2 Å². The van der Waals surface area contributed by atoms with Gasteiger partial charge in [0, 0.05) is 13.0 Å². The molecule has 0 fully saturated rings. The van der Waals surface area contributed by atoms with Gasteiger partial charge in [0.15, 0.2) is 9.84 Å². The average Bonchev–Trinajstić information content (AvgIpc) is 2.81. The second-order valence-electron chi connectivity index (χ2n) is 11.8. The minimum Gasteiger partial charge on any atom is -0.756 e. The van der Waals surface area contributed by atoms with Crippen molar-refractivity contribution < 1.29 is 36.1 Å². The number of hydrogen-bond acceptors (Lipinski definition) is 7. The van der Waals surface area contributed by atoms with E-state index in [1.54, 1.807) is 0 Å². The standard InChI is InChI=1S/C28H60NO7PS/c1-6-7-8-9-10-11-12-13-14-15-16-17-18-19-20-21-24-38(32,33)27-28(25-34-5)26-36-37(30,31)35-23-22-29(2,3)4/h28H,6-27H2,1-5H3. The second kappa shape index (κ2) is 22.6. The first kappa shape index (κ1) is 38.0. The summed E-state index contributed by atoms with van der Waals surface area (Å²) in [4.78, 5) is 12.0. The molecule has 0 amide bonds. The number of phosphoric ester groups is 1. The van der Waals surface area contributed by atoms with Gasteiger partial charge in [-0.05, 0) is 6.42 Å². The molecular weight excluding hydrogens is 525 g/mol. The Kier molecular flexibility index (Phi) is 22.6. The van der Waals surface area contributed by atoms with Crippen LogP contribution in [0.15, 0.2) is 0 Å². The Bertz CT molecular complexity index is 698. The van der Waals surface area contributed by atoms with Crippen LogP contribution in [-0.4, -0.2) is 79.0 Å². The molecule has 2 unspecified atom stereocenters. The van der Waals surface area contributed by atoms with Crippen LogP contribution >= 0.6 is 7.82 Å². The average molecular weight is 586 g/mol. The lowest BCUT2D eigenvalue weighted by atomic mass is 10.0. The zero-order valence-electron chi connectivity index (χ0n) is 25.3. The third-order valence-corrected chi connectivity index (χ3v) is 9.53. The van der Waals surface area contributed by atoms with Crippen LogP contribution in [-0.2, 0) is 28.2 Å². The summed E-state index contributed by atoms with van der Waals surface area (Å²) in [6.45, 7) is 2.62. The highest BCUT2D eigenvalue weighted by molar-refractivity contribution is 7.91. The summed E-state index contributed by atoms with van der Waals surface area (Å²) in [6.07, 6.45) is 19.9. The maximum Gasteiger partial charge on any atom is 0.268 e. The van der Waals surface area contributed by atoms with E-state index in [2.05, 4.69) is 6.92 Å². The van der Waals surface area contributed by atoms with Gasteiger partial charge in [-0.25, -0.2) is 8.42 Å². The fraction of sp³-hybridized carbons (Fsp3) is 1.00. The SMILES string of the molecule is CCCCCCCCCCCCCCCCCCS(=O)(=O)CC(COC)COP(=O)([O-])OCC[N+](C)(C)C. The van der Waals surface area contributed by atoms with Gasteiger partial charge in [0.25, 0.3) is 7.82 Å². The number of unbranched alkanes of at least 4 members (excludes halogenated alkanes) is 15. The van der Waals surface area contributed by atoms with Crippen molar-refractivity contribution in [1.82, 2.24) is 0 Å². The normalized spacial score (nSPS) is 15.0. The Morgan fingerprint density at radius 1 is 0.737 bits per heavy atom. The molecule has 0 spiro atoms. The highest BCUT2D eigenvalue weighted by Crippen LogP contribution is 2.38. The van der Waals surface area contributed by atoms with Crippen molar-refractivity contribution in [3.63, 3.8) is 0 Å². The number of nitrogens with zero attached hydrogens (tertiary/aromatic N) is 1. The van der Waals surface area contributed by atoms with Crippen molar-refractivity contribution in [2.45, 2.75) is 110 Å². The van der Waals surface area contributed by atoms with Gasteiger partial charge in [0.2, 0.25) is 0 Å². The molecule has 0 aliphatic heterocycles. The lowest BCUT2D eigenvalue weighted by Gasteiger charge is -2.28. The zero-order chi connectivity index (χ0) is 28.8. The molecule has 0 aliphatic rings. The third kappa shape index (κ3) is 26.2. The van der Waals surface area contributed by atoms with E-state index < -0.39 is 23.6 Å². The van der Waals surface area contributed by atoms with Crippen LogP contribution in [0.4, 0.5) is 0 Å². The molecule has 0 N–H and O–H groups in total. The summed E-state index contributed by atoms with van der Waals surface area (Å²) in [5.41, 5.74) is 0. The number of rotatable bonds is 28. The molecule has 0 aromatic heterocycles. The number of sulfone groups is 1. The summed E-state index contributed by atoms with van der Waals surface area (Å²) in [6, 6.07) is 0. The molecule has 0 heterocycles. The summed E-state index contributed by atoms with van der Waals surface area (Å²) in [5.74, 6) is -0.602. The molecule has 0 saturated carbocycles. The second-order valence-corrected chi connectivity index (χ2v) is 15.5. The number of methoxy groups -OCH3 is 1. The first-order valence-corrected chi connectivity index (χ1v) is 18.3. The van der Waals surface area contributed by atoms with E-state index in [1.165, 1.54) is 84.2 Å². The third-order valence-electron chi connectivity index (χ3n) is 6.68. The quantitative estimate of drug-likeness (QED) is 0.0618. The Hall–Kier alpha value is -0.0200. The van der Waals surface area contributed by atoms with E-state index in [9.17, 15) is 17.9 Å². The summed E-state index contributed by atoms with van der Waals surface area (Å²) in [7, 11) is -0.558. The van der Waals surface area contributed by atoms with E-state index in [0.29, 0.717) is 17.4 Å². The fourth-order valence-electron chi connectivity index (χ4n) is 4.35. The van der Waals surface area contributed by atoms with Crippen molar-refractivity contribution in [1.29, 1.82) is 0 Å². The largest absolute Gasteiger partial charge is 0.756 e. The summed E-state index contributed by atoms with van der Waals surface area (Å²) >= 11 is 0. The Labute approximate surface area is 235 Å². The number of quaternary nitrogens is 1. The molecule has 8 nitrogen and oxygen atoms in total. The lowest BCUT2D eigenvalue weighted by molar-refractivity contribution is -0.870. The molecule has 0 aromatic carbocycles. The molecule has 0 saturated heterocycles. The van der Waals surface area contributed by atoms with Crippen LogP contribution in [0.1, 0.15) is 110 Å². The first-order chi connectivity index (χ1) is 17.9. The van der Waals surface area contributed by atoms with Gasteiger partial charge in [-0.1, -0.05) is 103 Å². The van der Waals surface area contributed by atoms with Crippen molar-refractivity contribution >= 4 is 17.7 Å². The van der Waals surface area contributed by atoms with Gasteiger partial charge in [0.05, 0.1) is 45.9 Å². The Morgan fingerprint density at radius 2 is 1.18 bits per heavy atom.